The van der Waals surface area contributed by atoms with E-state index in [0.29, 0.717) is 8.95 Å². The lowest BCUT2D eigenvalue weighted by atomic mass is 9.88. The second-order valence-electron chi connectivity index (χ2n) is 5.16. The second kappa shape index (κ2) is 4.99. The number of hydrogen-bond acceptors (Lipinski definition) is 2. The maximum absolute atomic E-state index is 11.5. The van der Waals surface area contributed by atoms with Gasteiger partial charge in [-0.15, -0.1) is 0 Å². The maximum Gasteiger partial charge on any atom is 0.239 e. The van der Waals surface area contributed by atoms with Gasteiger partial charge in [-0.3, -0.25) is 0 Å². The molecule has 0 amide bonds. The van der Waals surface area contributed by atoms with Crippen LogP contribution in [0, 0.1) is 5.41 Å². The van der Waals surface area contributed by atoms with Crippen molar-refractivity contribution in [1.82, 2.24) is 0 Å². The molecule has 17 heavy (non-hydrogen) atoms. The zero-order valence-corrected chi connectivity index (χ0v) is 13.9. The van der Waals surface area contributed by atoms with E-state index in [0.717, 1.165) is 12.0 Å². The van der Waals surface area contributed by atoms with Gasteiger partial charge in [0.05, 0.1) is 4.90 Å². The highest BCUT2D eigenvalue weighted by atomic mass is 79.9. The summed E-state index contributed by atoms with van der Waals surface area (Å²) in [4.78, 5) is 0.117. The first-order valence-corrected chi connectivity index (χ1v) is 8.15. The Kier molecular flexibility index (Phi) is 4.45. The Hall–Kier alpha value is 0.0900. The molecule has 0 heterocycles. The molecular weight excluding hydrogens is 370 g/mol. The van der Waals surface area contributed by atoms with E-state index in [4.69, 9.17) is 5.14 Å². The molecule has 0 saturated heterocycles. The highest BCUT2D eigenvalue weighted by molar-refractivity contribution is 9.11. The second-order valence-corrected chi connectivity index (χ2v) is 8.40. The molecule has 3 nitrogen and oxygen atoms in total. The van der Waals surface area contributed by atoms with Crippen molar-refractivity contribution in [3.05, 3.63) is 26.6 Å². The van der Waals surface area contributed by atoms with Crippen molar-refractivity contribution in [3.63, 3.8) is 0 Å². The fraction of sp³-hybridized carbons (Fsp3) is 0.455. The van der Waals surface area contributed by atoms with E-state index >= 15 is 0 Å². The van der Waals surface area contributed by atoms with Gasteiger partial charge < -0.3 is 0 Å². The van der Waals surface area contributed by atoms with E-state index in [-0.39, 0.29) is 10.3 Å². The third kappa shape index (κ3) is 4.35. The molecule has 0 unspecified atom stereocenters. The summed E-state index contributed by atoms with van der Waals surface area (Å²) >= 11 is 6.63. The van der Waals surface area contributed by atoms with Crippen molar-refractivity contribution in [2.45, 2.75) is 32.1 Å². The topological polar surface area (TPSA) is 60.2 Å². The number of hydrogen-bond donors (Lipinski definition) is 1. The Labute approximate surface area is 119 Å². The van der Waals surface area contributed by atoms with Crippen LogP contribution in [0.5, 0.6) is 0 Å². The van der Waals surface area contributed by atoms with Crippen molar-refractivity contribution in [3.8, 4) is 0 Å². The van der Waals surface area contributed by atoms with Crippen LogP contribution in [0.15, 0.2) is 26.0 Å². The van der Waals surface area contributed by atoms with Crippen molar-refractivity contribution >= 4 is 41.9 Å². The van der Waals surface area contributed by atoms with Crippen LogP contribution < -0.4 is 5.14 Å². The van der Waals surface area contributed by atoms with Crippen molar-refractivity contribution in [2.75, 3.05) is 0 Å². The van der Waals surface area contributed by atoms with E-state index in [1.807, 2.05) is 6.07 Å². The molecule has 1 rings (SSSR count). The minimum absolute atomic E-state index is 0.0684. The number of rotatable bonds is 2. The van der Waals surface area contributed by atoms with Gasteiger partial charge in [0.2, 0.25) is 10.0 Å². The summed E-state index contributed by atoms with van der Waals surface area (Å²) < 4.78 is 24.2. The van der Waals surface area contributed by atoms with Crippen molar-refractivity contribution in [1.29, 1.82) is 0 Å². The Morgan fingerprint density at radius 2 is 1.76 bits per heavy atom. The SMILES string of the molecule is CC(C)(C)Cc1cc(Br)cc(S(N)(=O)=O)c1Br. The molecule has 0 aliphatic carbocycles. The molecule has 0 aliphatic heterocycles. The van der Waals surface area contributed by atoms with E-state index in [1.165, 1.54) is 6.07 Å². The van der Waals surface area contributed by atoms with Crippen LogP contribution in [-0.2, 0) is 16.4 Å². The molecule has 0 saturated carbocycles. The molecular formula is C11H15Br2NO2S. The van der Waals surface area contributed by atoms with Gasteiger partial charge >= 0.3 is 0 Å². The molecule has 2 N–H and O–H groups in total. The predicted octanol–water partition coefficient (Wildman–Crippen LogP) is 3.45. The Morgan fingerprint density at radius 1 is 1.24 bits per heavy atom. The van der Waals surface area contributed by atoms with Crippen LogP contribution in [0.25, 0.3) is 0 Å². The Balaban J connectivity index is 3.40. The Bertz CT molecular complexity index is 533. The van der Waals surface area contributed by atoms with Crippen LogP contribution in [0.1, 0.15) is 26.3 Å². The van der Waals surface area contributed by atoms with E-state index in [9.17, 15) is 8.42 Å². The summed E-state index contributed by atoms with van der Waals surface area (Å²) in [6, 6.07) is 3.41. The predicted molar refractivity (Wildman–Crippen MR) is 76.4 cm³/mol. The van der Waals surface area contributed by atoms with Gasteiger partial charge in [0.15, 0.2) is 0 Å². The fourth-order valence-electron chi connectivity index (χ4n) is 1.53. The zero-order valence-electron chi connectivity index (χ0n) is 9.92. The average molecular weight is 385 g/mol. The van der Waals surface area contributed by atoms with Gasteiger partial charge in [0.25, 0.3) is 0 Å². The summed E-state index contributed by atoms with van der Waals surface area (Å²) in [6.07, 6.45) is 0.759. The molecule has 0 spiro atoms. The lowest BCUT2D eigenvalue weighted by molar-refractivity contribution is 0.410. The zero-order chi connectivity index (χ0) is 13.4. The van der Waals surface area contributed by atoms with Crippen LogP contribution in [0.2, 0.25) is 0 Å². The molecule has 96 valence electrons. The smallest absolute Gasteiger partial charge is 0.225 e. The van der Waals surface area contributed by atoms with Crippen molar-refractivity contribution < 1.29 is 8.42 Å². The van der Waals surface area contributed by atoms with E-state index in [2.05, 4.69) is 52.6 Å². The van der Waals surface area contributed by atoms with Crippen molar-refractivity contribution in [2.24, 2.45) is 10.6 Å². The quantitative estimate of drug-likeness (QED) is 0.848. The number of primary sulfonamides is 1. The normalized spacial score (nSPS) is 12.8. The lowest BCUT2D eigenvalue weighted by Crippen LogP contribution is -2.15. The molecule has 0 bridgehead atoms. The third-order valence-corrected chi connectivity index (χ3v) is 4.70. The summed E-state index contributed by atoms with van der Waals surface area (Å²) in [6.45, 7) is 6.28. The minimum Gasteiger partial charge on any atom is -0.225 e. The molecule has 0 fully saturated rings. The largest absolute Gasteiger partial charge is 0.239 e. The first-order chi connectivity index (χ1) is 7.50. The minimum atomic E-state index is -3.71. The maximum atomic E-state index is 11.5. The van der Waals surface area contributed by atoms with Crippen LogP contribution in [0.4, 0.5) is 0 Å². The fourth-order valence-corrected chi connectivity index (χ4v) is 3.90. The van der Waals surface area contributed by atoms with Gasteiger partial charge in [-0.2, -0.15) is 0 Å². The molecule has 0 aromatic heterocycles. The summed E-state index contributed by atoms with van der Waals surface area (Å²) in [5.74, 6) is 0. The molecule has 1 aromatic carbocycles. The van der Waals surface area contributed by atoms with Crippen LogP contribution in [0.3, 0.4) is 0 Å². The number of nitrogens with two attached hydrogens (primary N) is 1. The van der Waals surface area contributed by atoms with Gasteiger partial charge in [-0.05, 0) is 45.5 Å². The van der Waals surface area contributed by atoms with Gasteiger partial charge in [-0.1, -0.05) is 36.7 Å². The van der Waals surface area contributed by atoms with E-state index < -0.39 is 10.0 Å². The summed E-state index contributed by atoms with van der Waals surface area (Å²) in [5, 5.41) is 5.18. The number of benzene rings is 1. The molecule has 1 aromatic rings. The number of sulfonamides is 1. The summed E-state index contributed by atoms with van der Waals surface area (Å²) in [5.41, 5.74) is 0.995. The first-order valence-electron chi connectivity index (χ1n) is 5.01. The van der Waals surface area contributed by atoms with E-state index in [1.54, 1.807) is 0 Å². The standard InChI is InChI=1S/C11H15Br2NO2S/c1-11(2,3)6-7-4-8(12)5-9(10(7)13)17(14,15)16/h4-5H,6H2,1-3H3,(H2,14,15,16). The molecule has 0 atom stereocenters. The lowest BCUT2D eigenvalue weighted by Gasteiger charge is -2.20. The Morgan fingerprint density at radius 3 is 2.18 bits per heavy atom. The third-order valence-electron chi connectivity index (χ3n) is 2.11. The van der Waals surface area contributed by atoms with Crippen LogP contribution >= 0.6 is 31.9 Å². The molecule has 0 aliphatic rings. The monoisotopic (exact) mass is 383 g/mol. The van der Waals surface area contributed by atoms with Gasteiger partial charge in [-0.25, -0.2) is 13.6 Å². The van der Waals surface area contributed by atoms with Gasteiger partial charge in [0, 0.05) is 8.95 Å². The molecule has 6 heteroatoms. The first kappa shape index (κ1) is 15.1. The number of halogens is 2. The summed E-state index contributed by atoms with van der Waals surface area (Å²) in [7, 11) is -3.71. The van der Waals surface area contributed by atoms with Crippen LogP contribution in [-0.4, -0.2) is 8.42 Å². The average Bonchev–Trinajstić information content (AvgIpc) is 2.06. The highest BCUT2D eigenvalue weighted by Crippen LogP contribution is 2.33. The molecule has 0 radical (unpaired) electrons. The highest BCUT2D eigenvalue weighted by Gasteiger charge is 2.20. The van der Waals surface area contributed by atoms with Gasteiger partial charge in [0.1, 0.15) is 0 Å².